The topological polar surface area (TPSA) is 39.6 Å². The summed E-state index contributed by atoms with van der Waals surface area (Å²) in [5.41, 5.74) is 0.783. The first-order valence-electron chi connectivity index (χ1n) is 6.59. The van der Waals surface area contributed by atoms with Gasteiger partial charge in [0.15, 0.2) is 5.13 Å². The molecule has 1 unspecified atom stereocenters. The van der Waals surface area contributed by atoms with Gasteiger partial charge in [-0.3, -0.25) is 0 Å². The molecule has 0 aliphatic carbocycles. The number of piperidine rings is 1. The summed E-state index contributed by atoms with van der Waals surface area (Å²) < 4.78 is 0. The average molecular weight is 269 g/mol. The predicted molar refractivity (Wildman–Crippen MR) is 76.2 cm³/mol. The largest absolute Gasteiger partial charge is 0.387 e. The maximum Gasteiger partial charge on any atom is 0.185 e. The van der Waals surface area contributed by atoms with Crippen molar-refractivity contribution in [3.8, 4) is 0 Å². The third-order valence-corrected chi connectivity index (χ3v) is 4.61. The molecule has 0 radical (unpaired) electrons. The first-order chi connectivity index (χ1) is 8.56. The molecule has 1 N–H and O–H groups in total. The monoisotopic (exact) mass is 269 g/mol. The summed E-state index contributed by atoms with van der Waals surface area (Å²) >= 11 is 1.62. The van der Waals surface area contributed by atoms with Crippen molar-refractivity contribution in [1.82, 2.24) is 9.88 Å². The number of aliphatic hydroxyl groups is 1. The van der Waals surface area contributed by atoms with Crippen molar-refractivity contribution in [2.75, 3.05) is 38.6 Å². The van der Waals surface area contributed by atoms with Crippen LogP contribution in [-0.2, 0) is 0 Å². The van der Waals surface area contributed by atoms with Crippen LogP contribution in [0, 0.1) is 5.92 Å². The molecule has 1 saturated heterocycles. The number of nitrogens with zero attached hydrogens (tertiary/aromatic N) is 3. The lowest BCUT2D eigenvalue weighted by molar-refractivity contribution is 0.195. The lowest BCUT2D eigenvalue weighted by atomic mass is 9.97. The summed E-state index contributed by atoms with van der Waals surface area (Å²) in [5.74, 6) is 0.769. The van der Waals surface area contributed by atoms with Crippen LogP contribution < -0.4 is 4.90 Å². The summed E-state index contributed by atoms with van der Waals surface area (Å²) in [6.45, 7) is 5.24. The Bertz CT molecular complexity index is 372. The van der Waals surface area contributed by atoms with Crippen LogP contribution in [0.2, 0.25) is 0 Å². The van der Waals surface area contributed by atoms with Gasteiger partial charge < -0.3 is 14.9 Å². The number of aromatic nitrogens is 1. The Morgan fingerprint density at radius 2 is 2.22 bits per heavy atom. The van der Waals surface area contributed by atoms with Crippen molar-refractivity contribution >= 4 is 16.5 Å². The van der Waals surface area contributed by atoms with E-state index in [9.17, 15) is 5.11 Å². The Labute approximate surface area is 113 Å². The number of aliphatic hydroxyl groups excluding tert-OH is 1. The van der Waals surface area contributed by atoms with Gasteiger partial charge in [-0.2, -0.15) is 0 Å². The van der Waals surface area contributed by atoms with Gasteiger partial charge in [0, 0.05) is 19.0 Å². The van der Waals surface area contributed by atoms with Crippen LogP contribution in [0.1, 0.15) is 31.6 Å². The lowest BCUT2D eigenvalue weighted by Gasteiger charge is -2.31. The molecule has 0 aromatic carbocycles. The van der Waals surface area contributed by atoms with E-state index in [-0.39, 0.29) is 0 Å². The van der Waals surface area contributed by atoms with Crippen molar-refractivity contribution in [3.63, 3.8) is 0 Å². The van der Waals surface area contributed by atoms with Crippen LogP contribution >= 0.6 is 11.3 Å². The molecule has 1 atom stereocenters. The molecule has 5 heteroatoms. The molecule has 1 aliphatic heterocycles. The van der Waals surface area contributed by atoms with Gasteiger partial charge in [-0.15, -0.1) is 11.3 Å². The van der Waals surface area contributed by atoms with Crippen molar-refractivity contribution in [1.29, 1.82) is 0 Å². The zero-order valence-corrected chi connectivity index (χ0v) is 12.3. The average Bonchev–Trinajstić information content (AvgIpc) is 2.81. The first kappa shape index (κ1) is 13.8. The van der Waals surface area contributed by atoms with Crippen LogP contribution in [0.3, 0.4) is 0 Å². The standard InChI is InChI=1S/C13H23N3OS/c1-10(17)12-9-18-13(14-12)16(3)8-11-4-6-15(2)7-5-11/h9-11,17H,4-8H2,1-3H3. The Morgan fingerprint density at radius 3 is 2.78 bits per heavy atom. The van der Waals surface area contributed by atoms with E-state index in [1.54, 1.807) is 18.3 Å². The molecule has 4 nitrogen and oxygen atoms in total. The molecule has 1 aromatic rings. The van der Waals surface area contributed by atoms with E-state index in [2.05, 4.69) is 28.9 Å². The Balaban J connectivity index is 1.88. The number of anilines is 1. The Kier molecular flexibility index (Phi) is 4.59. The molecule has 18 heavy (non-hydrogen) atoms. The maximum atomic E-state index is 9.49. The molecule has 0 spiro atoms. The fourth-order valence-corrected chi connectivity index (χ4v) is 3.24. The minimum atomic E-state index is -0.466. The summed E-state index contributed by atoms with van der Waals surface area (Å²) in [6.07, 6.45) is 2.08. The van der Waals surface area contributed by atoms with Crippen molar-refractivity contribution in [2.45, 2.75) is 25.9 Å². The van der Waals surface area contributed by atoms with E-state index in [1.807, 2.05) is 5.38 Å². The molecule has 0 amide bonds. The van der Waals surface area contributed by atoms with Crippen LogP contribution in [0.25, 0.3) is 0 Å². The Morgan fingerprint density at radius 1 is 1.56 bits per heavy atom. The van der Waals surface area contributed by atoms with Gasteiger partial charge in [0.1, 0.15) is 0 Å². The van der Waals surface area contributed by atoms with Crippen molar-refractivity contribution in [3.05, 3.63) is 11.1 Å². The van der Waals surface area contributed by atoms with Gasteiger partial charge in [0.2, 0.25) is 0 Å². The third-order valence-electron chi connectivity index (χ3n) is 3.63. The van der Waals surface area contributed by atoms with Crippen LogP contribution in [-0.4, -0.2) is 48.7 Å². The molecular formula is C13H23N3OS. The number of likely N-dealkylation sites (tertiary alicyclic amines) is 1. The highest BCUT2D eigenvalue weighted by molar-refractivity contribution is 7.13. The smallest absolute Gasteiger partial charge is 0.185 e. The second-order valence-corrected chi connectivity index (χ2v) is 6.19. The van der Waals surface area contributed by atoms with Crippen LogP contribution in [0.15, 0.2) is 5.38 Å². The number of rotatable bonds is 4. The normalized spacial score (nSPS) is 20.0. The van der Waals surface area contributed by atoms with Crippen LogP contribution in [0.4, 0.5) is 5.13 Å². The SMILES string of the molecule is CC(O)c1csc(N(C)CC2CCN(C)CC2)n1. The van der Waals surface area contributed by atoms with E-state index in [1.165, 1.54) is 25.9 Å². The zero-order chi connectivity index (χ0) is 13.1. The number of thiazole rings is 1. The maximum absolute atomic E-state index is 9.49. The minimum Gasteiger partial charge on any atom is -0.387 e. The van der Waals surface area contributed by atoms with E-state index < -0.39 is 6.10 Å². The highest BCUT2D eigenvalue weighted by Gasteiger charge is 2.19. The molecule has 1 fully saturated rings. The van der Waals surface area contributed by atoms with E-state index in [0.717, 1.165) is 23.3 Å². The fourth-order valence-electron chi connectivity index (χ4n) is 2.35. The summed E-state index contributed by atoms with van der Waals surface area (Å²) in [7, 11) is 4.29. The molecule has 1 aromatic heterocycles. The Hall–Kier alpha value is -0.650. The van der Waals surface area contributed by atoms with Gasteiger partial charge in [-0.25, -0.2) is 4.98 Å². The van der Waals surface area contributed by atoms with E-state index >= 15 is 0 Å². The van der Waals surface area contributed by atoms with Gasteiger partial charge in [-0.05, 0) is 45.8 Å². The lowest BCUT2D eigenvalue weighted by Crippen LogP contribution is -2.35. The second-order valence-electron chi connectivity index (χ2n) is 5.36. The minimum absolute atomic E-state index is 0.466. The van der Waals surface area contributed by atoms with Gasteiger partial charge >= 0.3 is 0 Å². The summed E-state index contributed by atoms with van der Waals surface area (Å²) in [5, 5.41) is 12.5. The van der Waals surface area contributed by atoms with Gasteiger partial charge in [0.25, 0.3) is 0 Å². The highest BCUT2D eigenvalue weighted by atomic mass is 32.1. The molecule has 0 bridgehead atoms. The highest BCUT2D eigenvalue weighted by Crippen LogP contribution is 2.25. The van der Waals surface area contributed by atoms with Crippen LogP contribution in [0.5, 0.6) is 0 Å². The third kappa shape index (κ3) is 3.43. The second kappa shape index (κ2) is 5.99. The number of hydrogen-bond acceptors (Lipinski definition) is 5. The summed E-state index contributed by atoms with van der Waals surface area (Å²) in [6, 6.07) is 0. The molecule has 2 heterocycles. The van der Waals surface area contributed by atoms with Gasteiger partial charge in [-0.1, -0.05) is 0 Å². The van der Waals surface area contributed by atoms with E-state index in [4.69, 9.17) is 0 Å². The van der Waals surface area contributed by atoms with E-state index in [0.29, 0.717) is 0 Å². The first-order valence-corrected chi connectivity index (χ1v) is 7.47. The predicted octanol–water partition coefficient (Wildman–Crippen LogP) is 1.97. The summed E-state index contributed by atoms with van der Waals surface area (Å²) in [4.78, 5) is 9.10. The van der Waals surface area contributed by atoms with Crippen molar-refractivity contribution < 1.29 is 5.11 Å². The molecule has 0 saturated carbocycles. The molecular weight excluding hydrogens is 246 g/mol. The molecule has 102 valence electrons. The fraction of sp³-hybridized carbons (Fsp3) is 0.769. The number of hydrogen-bond donors (Lipinski definition) is 1. The van der Waals surface area contributed by atoms with Gasteiger partial charge in [0.05, 0.1) is 11.8 Å². The molecule has 1 aliphatic rings. The molecule has 2 rings (SSSR count). The quantitative estimate of drug-likeness (QED) is 0.907. The zero-order valence-electron chi connectivity index (χ0n) is 11.5. The van der Waals surface area contributed by atoms with Crippen molar-refractivity contribution in [2.24, 2.45) is 5.92 Å².